The number of hydrogen-bond acceptors (Lipinski definition) is 5. The number of fused-ring (bicyclic) bond motifs is 3. The van der Waals surface area contributed by atoms with Crippen LogP contribution in [-0.2, 0) is 10.6 Å². The van der Waals surface area contributed by atoms with Crippen LogP contribution in [0.3, 0.4) is 0 Å². The first-order chi connectivity index (χ1) is 17.2. The molecule has 4 aromatic carbocycles. The maximum atomic E-state index is 6.54. The van der Waals surface area contributed by atoms with E-state index in [9.17, 15) is 0 Å². The molecule has 0 saturated carbocycles. The van der Waals surface area contributed by atoms with Crippen molar-refractivity contribution < 1.29 is 9.57 Å². The summed E-state index contributed by atoms with van der Waals surface area (Å²) in [6, 6.07) is 35.6. The predicted molar refractivity (Wildman–Crippen MR) is 145 cm³/mol. The Hall–Kier alpha value is -3.22. The van der Waals surface area contributed by atoms with Crippen LogP contribution in [0.15, 0.2) is 118 Å². The first kappa shape index (κ1) is 22.3. The third kappa shape index (κ3) is 3.91. The molecule has 35 heavy (non-hydrogen) atoms. The lowest BCUT2D eigenvalue weighted by molar-refractivity contribution is -0.0283. The lowest BCUT2D eigenvalue weighted by Gasteiger charge is -2.38. The number of nitrogens with zero attached hydrogens (tertiary/aromatic N) is 2. The van der Waals surface area contributed by atoms with Gasteiger partial charge < -0.3 is 9.57 Å². The molecule has 0 fully saturated rings. The van der Waals surface area contributed by atoms with Gasteiger partial charge in [-0.25, -0.2) is 0 Å². The molecule has 4 aromatic rings. The number of rotatable bonds is 4. The van der Waals surface area contributed by atoms with Gasteiger partial charge in [0.25, 0.3) is 0 Å². The van der Waals surface area contributed by atoms with Gasteiger partial charge in [-0.05, 0) is 54.1 Å². The van der Waals surface area contributed by atoms with E-state index in [2.05, 4.69) is 99.7 Å². The van der Waals surface area contributed by atoms with Crippen LogP contribution in [-0.4, -0.2) is 12.9 Å². The number of thioether (sulfide) groups is 1. The van der Waals surface area contributed by atoms with Crippen molar-refractivity contribution in [3.63, 3.8) is 0 Å². The molecule has 0 bridgehead atoms. The Bertz CT molecular complexity index is 1390. The minimum Gasteiger partial charge on any atom is -0.497 e. The summed E-state index contributed by atoms with van der Waals surface area (Å²) in [5.41, 5.74) is 3.56. The third-order valence-corrected chi connectivity index (χ3v) is 8.30. The Labute approximate surface area is 217 Å². The Balaban J connectivity index is 1.57. The van der Waals surface area contributed by atoms with Crippen molar-refractivity contribution in [3.8, 4) is 5.75 Å². The zero-order chi connectivity index (χ0) is 23.8. The Kier molecular flexibility index (Phi) is 5.78. The first-order valence-electron chi connectivity index (χ1n) is 11.5. The monoisotopic (exact) mass is 542 g/mol. The Morgan fingerprint density at radius 2 is 1.71 bits per heavy atom. The summed E-state index contributed by atoms with van der Waals surface area (Å²) in [7, 11) is 1.68. The smallest absolute Gasteiger partial charge is 0.242 e. The number of halogens is 1. The summed E-state index contributed by atoms with van der Waals surface area (Å²) in [4.78, 5) is 10.0. The molecule has 0 spiro atoms. The fraction of sp³-hybridized carbons (Fsp3) is 0.138. The minimum absolute atomic E-state index is 0.168. The Morgan fingerprint density at radius 1 is 0.943 bits per heavy atom. The second kappa shape index (κ2) is 9.10. The summed E-state index contributed by atoms with van der Waals surface area (Å²) < 4.78 is 6.45. The molecule has 2 atom stereocenters. The topological polar surface area (TPSA) is 34.1 Å². The highest BCUT2D eigenvalue weighted by Gasteiger charge is 2.53. The van der Waals surface area contributed by atoms with Crippen LogP contribution in [0.2, 0.25) is 0 Å². The van der Waals surface area contributed by atoms with E-state index in [1.54, 1.807) is 7.11 Å². The van der Waals surface area contributed by atoms with Crippen molar-refractivity contribution in [2.75, 3.05) is 12.0 Å². The van der Waals surface area contributed by atoms with Crippen molar-refractivity contribution in [1.29, 1.82) is 0 Å². The molecule has 4 nitrogen and oxygen atoms in total. The van der Waals surface area contributed by atoms with Crippen molar-refractivity contribution in [3.05, 3.63) is 124 Å². The number of ether oxygens (including phenoxy) is 1. The molecule has 2 aliphatic rings. The molecular weight excluding hydrogens is 520 g/mol. The van der Waals surface area contributed by atoms with E-state index >= 15 is 0 Å². The maximum absolute atomic E-state index is 6.54. The highest BCUT2D eigenvalue weighted by molar-refractivity contribution is 9.10. The molecule has 0 aromatic heterocycles. The van der Waals surface area contributed by atoms with Crippen LogP contribution in [0.25, 0.3) is 0 Å². The van der Waals surface area contributed by atoms with Crippen LogP contribution >= 0.6 is 27.7 Å². The summed E-state index contributed by atoms with van der Waals surface area (Å²) in [6.07, 6.45) is 0.712. The van der Waals surface area contributed by atoms with Gasteiger partial charge in [0, 0.05) is 32.2 Å². The van der Waals surface area contributed by atoms with Crippen molar-refractivity contribution >= 4 is 39.2 Å². The van der Waals surface area contributed by atoms with Crippen LogP contribution < -0.4 is 9.64 Å². The van der Waals surface area contributed by atoms with Gasteiger partial charge in [0.2, 0.25) is 5.72 Å². The molecule has 0 aliphatic carbocycles. The number of hydrogen-bond donors (Lipinski definition) is 0. The molecule has 0 unspecified atom stereocenters. The van der Waals surface area contributed by atoms with E-state index in [-0.39, 0.29) is 5.25 Å². The summed E-state index contributed by atoms with van der Waals surface area (Å²) >= 11 is 5.50. The summed E-state index contributed by atoms with van der Waals surface area (Å²) in [5, 5.41) is 4.90. The average Bonchev–Trinajstić information content (AvgIpc) is 3.22. The van der Waals surface area contributed by atoms with Crippen molar-refractivity contribution in [1.82, 2.24) is 0 Å². The second-order valence-corrected chi connectivity index (χ2v) is 10.7. The maximum Gasteiger partial charge on any atom is 0.242 e. The number of oxime groups is 1. The molecule has 6 heteroatoms. The standard InChI is InChI=1S/C29H23BrN2O2S/c1-33-24-16-14-22(15-17-24)29-19-27(20-8-3-2-4-9-20)35-26-13-6-5-12-25(26)32(29)28(31-34-29)21-10-7-11-23(30)18-21/h2-18,27H,19H2,1H3/t27-,29+/m1/s1. The SMILES string of the molecule is COc1ccc([C@@]23C[C@H](c4ccccc4)Sc4ccccc4N2C(c2cccc(Br)c2)=NO3)cc1. The van der Waals surface area contributed by atoms with Gasteiger partial charge in [0.05, 0.1) is 12.8 Å². The predicted octanol–water partition coefficient (Wildman–Crippen LogP) is 7.75. The number of methoxy groups -OCH3 is 1. The van der Waals surface area contributed by atoms with Gasteiger partial charge >= 0.3 is 0 Å². The lowest BCUT2D eigenvalue weighted by Crippen LogP contribution is -2.47. The van der Waals surface area contributed by atoms with Crippen LogP contribution in [0.1, 0.15) is 28.4 Å². The van der Waals surface area contributed by atoms with Gasteiger partial charge in [-0.15, -0.1) is 11.8 Å². The number of para-hydroxylation sites is 1. The fourth-order valence-electron chi connectivity index (χ4n) is 4.81. The third-order valence-electron chi connectivity index (χ3n) is 6.49. The first-order valence-corrected chi connectivity index (χ1v) is 13.1. The molecular formula is C29H23BrN2O2S. The second-order valence-electron chi connectivity index (χ2n) is 8.55. The molecule has 2 heterocycles. The fourth-order valence-corrected chi connectivity index (χ4v) is 6.56. The van der Waals surface area contributed by atoms with E-state index in [1.807, 2.05) is 36.0 Å². The van der Waals surface area contributed by atoms with Crippen LogP contribution in [0.5, 0.6) is 5.75 Å². The van der Waals surface area contributed by atoms with E-state index in [0.29, 0.717) is 6.42 Å². The minimum atomic E-state index is -0.815. The summed E-state index contributed by atoms with van der Waals surface area (Å²) in [5.74, 6) is 1.61. The zero-order valence-electron chi connectivity index (χ0n) is 19.1. The number of amidine groups is 1. The van der Waals surface area contributed by atoms with E-state index < -0.39 is 5.72 Å². The van der Waals surface area contributed by atoms with Gasteiger partial charge in [-0.2, -0.15) is 0 Å². The van der Waals surface area contributed by atoms with Gasteiger partial charge in [-0.3, -0.25) is 4.90 Å². The average molecular weight is 543 g/mol. The molecule has 0 N–H and O–H groups in total. The Morgan fingerprint density at radius 3 is 2.49 bits per heavy atom. The molecule has 2 aliphatic heterocycles. The van der Waals surface area contributed by atoms with Crippen molar-refractivity contribution in [2.45, 2.75) is 22.3 Å². The van der Waals surface area contributed by atoms with Crippen molar-refractivity contribution in [2.24, 2.45) is 5.16 Å². The normalized spacial score (nSPS) is 20.8. The van der Waals surface area contributed by atoms with Gasteiger partial charge in [0.15, 0.2) is 5.84 Å². The van der Waals surface area contributed by atoms with Gasteiger partial charge in [-0.1, -0.05) is 75.7 Å². The molecule has 6 rings (SSSR count). The number of anilines is 1. The van der Waals surface area contributed by atoms with Crippen LogP contribution in [0.4, 0.5) is 5.69 Å². The molecule has 0 saturated heterocycles. The van der Waals surface area contributed by atoms with E-state index in [4.69, 9.17) is 14.7 Å². The van der Waals surface area contributed by atoms with E-state index in [0.717, 1.165) is 32.9 Å². The van der Waals surface area contributed by atoms with E-state index in [1.165, 1.54) is 10.5 Å². The summed E-state index contributed by atoms with van der Waals surface area (Å²) in [6.45, 7) is 0. The number of benzene rings is 4. The molecule has 0 amide bonds. The zero-order valence-corrected chi connectivity index (χ0v) is 21.5. The van der Waals surface area contributed by atoms with Crippen LogP contribution in [0, 0.1) is 0 Å². The quantitative estimate of drug-likeness (QED) is 0.264. The largest absolute Gasteiger partial charge is 0.497 e. The van der Waals surface area contributed by atoms with Gasteiger partial charge in [0.1, 0.15) is 5.75 Å². The highest BCUT2D eigenvalue weighted by atomic mass is 79.9. The lowest BCUT2D eigenvalue weighted by atomic mass is 9.92. The highest BCUT2D eigenvalue weighted by Crippen LogP contribution is 2.56. The molecule has 0 radical (unpaired) electrons. The molecule has 174 valence electrons.